The second kappa shape index (κ2) is 7.32. The molecule has 0 spiro atoms. The highest BCUT2D eigenvalue weighted by Crippen LogP contribution is 2.34. The normalized spacial score (nSPS) is 28.2. The maximum absolute atomic E-state index is 5.60. The average molecular weight is 320 g/mol. The summed E-state index contributed by atoms with van der Waals surface area (Å²) in [5.41, 5.74) is 1.63. The Morgan fingerprint density at radius 2 is 2.04 bits per heavy atom. The fraction of sp³-hybridized carbons (Fsp3) is 0.833. The van der Waals surface area contributed by atoms with E-state index in [-0.39, 0.29) is 5.54 Å². The highest BCUT2D eigenvalue weighted by atomic mass is 16.5. The third kappa shape index (κ3) is 3.62. The molecule has 1 N–H and O–H groups in total. The van der Waals surface area contributed by atoms with E-state index in [4.69, 9.17) is 4.74 Å². The summed E-state index contributed by atoms with van der Waals surface area (Å²) < 4.78 is 7.65. The van der Waals surface area contributed by atoms with Crippen LogP contribution in [-0.2, 0) is 11.8 Å². The van der Waals surface area contributed by atoms with E-state index in [1.54, 1.807) is 0 Å². The number of likely N-dealkylation sites (N-methyl/N-ethyl adjacent to an activating group) is 1. The van der Waals surface area contributed by atoms with Crippen LogP contribution in [0.3, 0.4) is 0 Å². The van der Waals surface area contributed by atoms with Gasteiger partial charge in [-0.05, 0) is 45.8 Å². The molecule has 2 unspecified atom stereocenters. The van der Waals surface area contributed by atoms with Crippen LogP contribution in [0.1, 0.15) is 50.1 Å². The molecule has 0 amide bonds. The zero-order chi connectivity index (χ0) is 16.3. The van der Waals surface area contributed by atoms with Crippen molar-refractivity contribution in [2.24, 2.45) is 7.05 Å². The van der Waals surface area contributed by atoms with E-state index in [1.807, 2.05) is 6.20 Å². The molecule has 0 aromatic carbocycles. The van der Waals surface area contributed by atoms with Crippen molar-refractivity contribution >= 4 is 0 Å². The molecule has 130 valence electrons. The van der Waals surface area contributed by atoms with Crippen LogP contribution in [0, 0.1) is 0 Å². The molecule has 23 heavy (non-hydrogen) atoms. The molecule has 1 aromatic rings. The van der Waals surface area contributed by atoms with Crippen molar-refractivity contribution in [3.05, 3.63) is 18.0 Å². The first kappa shape index (κ1) is 16.9. The topological polar surface area (TPSA) is 42.3 Å². The maximum atomic E-state index is 5.60. The third-order valence-corrected chi connectivity index (χ3v) is 6.07. The van der Waals surface area contributed by atoms with Crippen LogP contribution in [0.15, 0.2) is 12.3 Å². The van der Waals surface area contributed by atoms with Crippen LogP contribution in [0.5, 0.6) is 0 Å². The molecule has 1 saturated heterocycles. The van der Waals surface area contributed by atoms with Gasteiger partial charge in [0.05, 0.1) is 0 Å². The Hall–Kier alpha value is -0.910. The van der Waals surface area contributed by atoms with Crippen LogP contribution < -0.4 is 5.32 Å². The van der Waals surface area contributed by atoms with E-state index in [1.165, 1.54) is 31.4 Å². The van der Waals surface area contributed by atoms with Crippen molar-refractivity contribution in [3.63, 3.8) is 0 Å². The number of aromatic nitrogens is 2. The van der Waals surface area contributed by atoms with Crippen molar-refractivity contribution < 1.29 is 4.74 Å². The van der Waals surface area contributed by atoms with Gasteiger partial charge in [0, 0.05) is 56.2 Å². The molecular formula is C18H32N4O. The molecule has 1 aliphatic heterocycles. The Morgan fingerprint density at radius 3 is 2.70 bits per heavy atom. The van der Waals surface area contributed by atoms with Gasteiger partial charge >= 0.3 is 0 Å². The van der Waals surface area contributed by atoms with Crippen LogP contribution in [-0.4, -0.2) is 60.1 Å². The van der Waals surface area contributed by atoms with Crippen molar-refractivity contribution in [3.8, 4) is 0 Å². The van der Waals surface area contributed by atoms with Crippen LogP contribution in [0.25, 0.3) is 0 Å². The summed E-state index contributed by atoms with van der Waals surface area (Å²) in [4.78, 5) is 2.41. The predicted octanol–water partition coefficient (Wildman–Crippen LogP) is 2.15. The van der Waals surface area contributed by atoms with Gasteiger partial charge in [-0.25, -0.2) is 0 Å². The SMILES string of the molecule is CN(C)C1(CNC2CCCCC2c2ccnn2C)CCOCC1. The molecule has 2 fully saturated rings. The third-order valence-electron chi connectivity index (χ3n) is 6.07. The molecule has 5 nitrogen and oxygen atoms in total. The second-order valence-electron chi connectivity index (χ2n) is 7.49. The fourth-order valence-electron chi connectivity index (χ4n) is 4.33. The molecule has 0 bridgehead atoms. The summed E-state index contributed by atoms with van der Waals surface area (Å²) in [6.45, 7) is 2.83. The number of hydrogen-bond donors (Lipinski definition) is 1. The van der Waals surface area contributed by atoms with Gasteiger partial charge in [-0.2, -0.15) is 5.10 Å². The van der Waals surface area contributed by atoms with Gasteiger partial charge in [-0.15, -0.1) is 0 Å². The Morgan fingerprint density at radius 1 is 1.30 bits per heavy atom. The van der Waals surface area contributed by atoms with E-state index in [0.29, 0.717) is 12.0 Å². The lowest BCUT2D eigenvalue weighted by Gasteiger charge is -2.45. The van der Waals surface area contributed by atoms with E-state index in [9.17, 15) is 0 Å². The summed E-state index contributed by atoms with van der Waals surface area (Å²) in [6.07, 6.45) is 9.39. The molecule has 0 radical (unpaired) electrons. The smallest absolute Gasteiger partial charge is 0.0492 e. The quantitative estimate of drug-likeness (QED) is 0.903. The number of aryl methyl sites for hydroxylation is 1. The largest absolute Gasteiger partial charge is 0.381 e. The number of rotatable bonds is 5. The van der Waals surface area contributed by atoms with Gasteiger partial charge in [-0.1, -0.05) is 12.8 Å². The van der Waals surface area contributed by atoms with E-state index in [0.717, 1.165) is 32.6 Å². The highest BCUT2D eigenvalue weighted by molar-refractivity contribution is 5.12. The average Bonchev–Trinajstić information content (AvgIpc) is 3.00. The Labute approximate surface area is 140 Å². The van der Waals surface area contributed by atoms with Crippen LogP contribution in [0.4, 0.5) is 0 Å². The summed E-state index contributed by atoms with van der Waals surface area (Å²) >= 11 is 0. The van der Waals surface area contributed by atoms with E-state index in [2.05, 4.69) is 47.2 Å². The van der Waals surface area contributed by atoms with E-state index < -0.39 is 0 Å². The van der Waals surface area contributed by atoms with Gasteiger partial charge in [0.15, 0.2) is 0 Å². The number of ether oxygens (including phenoxy) is 1. The minimum atomic E-state index is 0.243. The lowest BCUT2D eigenvalue weighted by Crippen LogP contribution is -2.57. The molecule has 2 heterocycles. The summed E-state index contributed by atoms with van der Waals surface area (Å²) in [7, 11) is 6.50. The summed E-state index contributed by atoms with van der Waals surface area (Å²) in [5, 5.41) is 8.32. The molecule has 2 aliphatic rings. The van der Waals surface area contributed by atoms with Crippen molar-refractivity contribution in [2.75, 3.05) is 33.9 Å². The van der Waals surface area contributed by atoms with Crippen molar-refractivity contribution in [1.82, 2.24) is 20.0 Å². The molecule has 5 heteroatoms. The number of nitrogens with zero attached hydrogens (tertiary/aromatic N) is 3. The monoisotopic (exact) mass is 320 g/mol. The van der Waals surface area contributed by atoms with Gasteiger partial charge in [0.25, 0.3) is 0 Å². The maximum Gasteiger partial charge on any atom is 0.0492 e. The number of hydrogen-bond acceptors (Lipinski definition) is 4. The van der Waals surface area contributed by atoms with Crippen molar-refractivity contribution in [1.29, 1.82) is 0 Å². The van der Waals surface area contributed by atoms with Gasteiger partial charge in [0.1, 0.15) is 0 Å². The zero-order valence-electron chi connectivity index (χ0n) is 14.9. The zero-order valence-corrected chi connectivity index (χ0v) is 14.9. The summed E-state index contributed by atoms with van der Waals surface area (Å²) in [6, 6.07) is 2.76. The first-order chi connectivity index (χ1) is 11.1. The second-order valence-corrected chi connectivity index (χ2v) is 7.49. The lowest BCUT2D eigenvalue weighted by molar-refractivity contribution is -0.00917. The molecule has 3 rings (SSSR count). The Balaban J connectivity index is 1.68. The molecule has 1 aliphatic carbocycles. The minimum absolute atomic E-state index is 0.243. The highest BCUT2D eigenvalue weighted by Gasteiger charge is 2.36. The molecule has 2 atom stereocenters. The standard InChI is InChI=1S/C18H32N4O/c1-21(2)18(9-12-23-13-10-18)14-19-16-7-5-4-6-15(16)17-8-11-20-22(17)3/h8,11,15-16,19H,4-7,9-10,12-14H2,1-3H3. The van der Waals surface area contributed by atoms with Gasteiger partial charge in [-0.3, -0.25) is 4.68 Å². The molecule has 1 saturated carbocycles. The van der Waals surface area contributed by atoms with Gasteiger partial charge in [0.2, 0.25) is 0 Å². The van der Waals surface area contributed by atoms with Gasteiger partial charge < -0.3 is 15.0 Å². The first-order valence-electron chi connectivity index (χ1n) is 9.09. The minimum Gasteiger partial charge on any atom is -0.381 e. The fourth-order valence-corrected chi connectivity index (χ4v) is 4.33. The first-order valence-corrected chi connectivity index (χ1v) is 9.09. The molecular weight excluding hydrogens is 288 g/mol. The van der Waals surface area contributed by atoms with Crippen LogP contribution >= 0.6 is 0 Å². The Kier molecular flexibility index (Phi) is 5.39. The lowest BCUT2D eigenvalue weighted by atomic mass is 9.81. The van der Waals surface area contributed by atoms with Crippen molar-refractivity contribution in [2.45, 2.75) is 56.0 Å². The molecule has 1 aromatic heterocycles. The number of nitrogens with one attached hydrogen (secondary N) is 1. The summed E-state index contributed by atoms with van der Waals surface area (Å²) in [5.74, 6) is 0.593. The predicted molar refractivity (Wildman–Crippen MR) is 92.7 cm³/mol. The van der Waals surface area contributed by atoms with Crippen LogP contribution in [0.2, 0.25) is 0 Å². The van der Waals surface area contributed by atoms with E-state index >= 15 is 0 Å². The Bertz CT molecular complexity index is 493.